The van der Waals surface area contributed by atoms with Gasteiger partial charge in [-0.2, -0.15) is 26.3 Å². The lowest BCUT2D eigenvalue weighted by Crippen LogP contribution is -2.51. The van der Waals surface area contributed by atoms with E-state index in [1.807, 2.05) is 0 Å². The van der Waals surface area contributed by atoms with Crippen molar-refractivity contribution in [3.63, 3.8) is 0 Å². The van der Waals surface area contributed by atoms with Crippen LogP contribution < -0.4 is 0 Å². The van der Waals surface area contributed by atoms with Gasteiger partial charge in [0.1, 0.15) is 0 Å². The highest BCUT2D eigenvalue weighted by atomic mass is 32.2. The molecule has 0 fully saturated rings. The van der Waals surface area contributed by atoms with Crippen molar-refractivity contribution in [2.24, 2.45) is 0 Å². The minimum absolute atomic E-state index is 0.131. The van der Waals surface area contributed by atoms with E-state index in [0.29, 0.717) is 6.92 Å². The number of aromatic carboxylic acids is 1. The number of carbonyl (C=O) groups is 1. The molecular weight excluding hydrogens is 373 g/mol. The number of carboxylic acid groups (broad SMARTS) is 1. The van der Waals surface area contributed by atoms with Crippen LogP contribution in [-0.2, 0) is 15.5 Å². The van der Waals surface area contributed by atoms with Gasteiger partial charge in [-0.1, -0.05) is 6.07 Å². The van der Waals surface area contributed by atoms with Crippen molar-refractivity contribution in [1.29, 1.82) is 0 Å². The maximum atomic E-state index is 14.2. The third-order valence-electron chi connectivity index (χ3n) is 3.16. The lowest BCUT2D eigenvalue weighted by atomic mass is 9.91. The molecule has 0 unspecified atom stereocenters. The first kappa shape index (κ1) is 20.2. The molecule has 0 radical (unpaired) electrons. The summed E-state index contributed by atoms with van der Waals surface area (Å²) >= 11 is 0. The summed E-state index contributed by atoms with van der Waals surface area (Å²) in [5.74, 6) is -1.80. The summed E-state index contributed by atoms with van der Waals surface area (Å²) in [4.78, 5) is 9.26. The van der Waals surface area contributed by atoms with Crippen molar-refractivity contribution in [1.82, 2.24) is 0 Å². The number of hydrogen-bond donors (Lipinski definition) is 1. The number of carboxylic acids is 1. The predicted octanol–water partition coefficient (Wildman–Crippen LogP) is 3.39. The molecule has 136 valence electrons. The van der Waals surface area contributed by atoms with Gasteiger partial charge in [-0.15, -0.1) is 0 Å². The Kier molecular flexibility index (Phi) is 4.71. The van der Waals surface area contributed by atoms with E-state index in [2.05, 4.69) is 0 Å². The molecule has 1 aromatic rings. The standard InChI is InChI=1S/C12H9F7O4S/c1-5-6(9(20)21)3-4-7(8(5)24(2,22)23)10(13,11(14,15)16)12(17,18)19/h3-4H,1-2H3,(H,20,21). The quantitative estimate of drug-likeness (QED) is 0.814. The summed E-state index contributed by atoms with van der Waals surface area (Å²) < 4.78 is 115. The first-order chi connectivity index (χ1) is 10.5. The molecule has 0 heterocycles. The van der Waals surface area contributed by atoms with E-state index in [0.717, 1.165) is 0 Å². The third-order valence-corrected chi connectivity index (χ3v) is 4.43. The Morgan fingerprint density at radius 2 is 1.42 bits per heavy atom. The van der Waals surface area contributed by atoms with Gasteiger partial charge in [0, 0.05) is 11.8 Å². The molecule has 1 aromatic carbocycles. The second kappa shape index (κ2) is 5.60. The van der Waals surface area contributed by atoms with Crippen molar-refractivity contribution in [2.75, 3.05) is 6.26 Å². The Hall–Kier alpha value is -1.85. The Balaban J connectivity index is 4.09. The summed E-state index contributed by atoms with van der Waals surface area (Å²) in [5.41, 5.74) is -10.0. The molecular formula is C12H9F7O4S. The number of alkyl halides is 7. The van der Waals surface area contributed by atoms with Crippen LogP contribution in [0.1, 0.15) is 21.5 Å². The molecule has 0 aliphatic carbocycles. The molecule has 0 aliphatic rings. The molecule has 0 aliphatic heterocycles. The Morgan fingerprint density at radius 1 is 1.00 bits per heavy atom. The van der Waals surface area contributed by atoms with Crippen LogP contribution in [0, 0.1) is 6.92 Å². The second-order valence-electron chi connectivity index (χ2n) is 4.85. The van der Waals surface area contributed by atoms with Crippen molar-refractivity contribution in [3.05, 3.63) is 28.8 Å². The topological polar surface area (TPSA) is 71.4 Å². The van der Waals surface area contributed by atoms with Crippen LogP contribution in [0.4, 0.5) is 30.7 Å². The zero-order chi connectivity index (χ0) is 19.3. The molecule has 0 saturated carbocycles. The van der Waals surface area contributed by atoms with Crippen molar-refractivity contribution < 1.29 is 49.1 Å². The van der Waals surface area contributed by atoms with E-state index in [4.69, 9.17) is 5.11 Å². The van der Waals surface area contributed by atoms with E-state index >= 15 is 0 Å². The van der Waals surface area contributed by atoms with Gasteiger partial charge < -0.3 is 5.11 Å². The van der Waals surface area contributed by atoms with Crippen LogP contribution in [0.3, 0.4) is 0 Å². The van der Waals surface area contributed by atoms with E-state index in [1.165, 1.54) is 0 Å². The highest BCUT2D eigenvalue weighted by Crippen LogP contribution is 2.55. The zero-order valence-electron chi connectivity index (χ0n) is 11.9. The van der Waals surface area contributed by atoms with Gasteiger partial charge in [-0.25, -0.2) is 17.6 Å². The minimum Gasteiger partial charge on any atom is -0.478 e. The Labute approximate surface area is 130 Å². The first-order valence-corrected chi connectivity index (χ1v) is 7.75. The predicted molar refractivity (Wildman–Crippen MR) is 66.1 cm³/mol. The van der Waals surface area contributed by atoms with Crippen molar-refractivity contribution >= 4 is 15.8 Å². The fourth-order valence-electron chi connectivity index (χ4n) is 2.14. The number of halogens is 7. The molecule has 1 N–H and O–H groups in total. The van der Waals surface area contributed by atoms with Crippen LogP contribution in [0.15, 0.2) is 17.0 Å². The minimum atomic E-state index is -6.53. The number of rotatable bonds is 3. The first-order valence-electron chi connectivity index (χ1n) is 5.86. The van der Waals surface area contributed by atoms with Crippen LogP contribution in [0.5, 0.6) is 0 Å². The summed E-state index contributed by atoms with van der Waals surface area (Å²) in [5, 5.41) is 8.84. The summed E-state index contributed by atoms with van der Waals surface area (Å²) in [6.45, 7) is 0.677. The maximum Gasteiger partial charge on any atom is 0.435 e. The number of sulfone groups is 1. The molecule has 0 spiro atoms. The highest BCUT2D eigenvalue weighted by molar-refractivity contribution is 7.90. The Bertz CT molecular complexity index is 764. The zero-order valence-corrected chi connectivity index (χ0v) is 12.7. The molecule has 0 saturated heterocycles. The molecule has 4 nitrogen and oxygen atoms in total. The molecule has 0 aromatic heterocycles. The van der Waals surface area contributed by atoms with Crippen molar-refractivity contribution in [2.45, 2.75) is 29.8 Å². The number of hydrogen-bond acceptors (Lipinski definition) is 3. The lowest BCUT2D eigenvalue weighted by Gasteiger charge is -2.32. The van der Waals surface area contributed by atoms with Crippen LogP contribution >= 0.6 is 0 Å². The van der Waals surface area contributed by atoms with Gasteiger partial charge in [-0.05, 0) is 18.6 Å². The molecule has 12 heteroatoms. The van der Waals surface area contributed by atoms with Crippen LogP contribution in [-0.4, -0.2) is 38.1 Å². The van der Waals surface area contributed by atoms with Crippen LogP contribution in [0.25, 0.3) is 0 Å². The normalized spacial score (nSPS) is 13.9. The lowest BCUT2D eigenvalue weighted by molar-refractivity contribution is -0.349. The van der Waals surface area contributed by atoms with Gasteiger partial charge in [0.05, 0.1) is 10.5 Å². The molecule has 0 bridgehead atoms. The van der Waals surface area contributed by atoms with Crippen LogP contribution in [0.2, 0.25) is 0 Å². The average molecular weight is 382 g/mol. The van der Waals surface area contributed by atoms with Gasteiger partial charge >= 0.3 is 24.0 Å². The summed E-state index contributed by atoms with van der Waals surface area (Å²) in [6, 6.07) is 0.154. The molecule has 1 rings (SSSR count). The van der Waals surface area contributed by atoms with Gasteiger partial charge in [0.2, 0.25) is 0 Å². The fraction of sp³-hybridized carbons (Fsp3) is 0.417. The monoisotopic (exact) mass is 382 g/mol. The smallest absolute Gasteiger partial charge is 0.435 e. The second-order valence-corrected chi connectivity index (χ2v) is 6.80. The molecule has 0 amide bonds. The Morgan fingerprint density at radius 3 is 1.71 bits per heavy atom. The number of benzene rings is 1. The van der Waals surface area contributed by atoms with Crippen molar-refractivity contribution in [3.8, 4) is 0 Å². The largest absolute Gasteiger partial charge is 0.478 e. The maximum absolute atomic E-state index is 14.2. The summed E-state index contributed by atoms with van der Waals surface area (Å²) in [7, 11) is -4.83. The van der Waals surface area contributed by atoms with E-state index in [9.17, 15) is 43.9 Å². The summed E-state index contributed by atoms with van der Waals surface area (Å²) in [6.07, 6.45) is -12.8. The SMILES string of the molecule is Cc1c(C(=O)O)ccc(C(F)(C(F)(F)F)C(F)(F)F)c1S(C)(=O)=O. The molecule has 0 atom stereocenters. The van der Waals surface area contributed by atoms with Gasteiger partial charge in [-0.3, -0.25) is 0 Å². The van der Waals surface area contributed by atoms with E-state index < -0.39 is 55.4 Å². The highest BCUT2D eigenvalue weighted by Gasteiger charge is 2.74. The third kappa shape index (κ3) is 3.06. The van der Waals surface area contributed by atoms with E-state index in [1.54, 1.807) is 0 Å². The fourth-order valence-corrected chi connectivity index (χ4v) is 3.41. The average Bonchev–Trinajstić information content (AvgIpc) is 2.32. The molecule has 24 heavy (non-hydrogen) atoms. The van der Waals surface area contributed by atoms with E-state index in [-0.39, 0.29) is 18.4 Å². The van der Waals surface area contributed by atoms with Gasteiger partial charge in [0.15, 0.2) is 9.84 Å². The van der Waals surface area contributed by atoms with Gasteiger partial charge in [0.25, 0.3) is 0 Å².